The second kappa shape index (κ2) is 4.44. The molecule has 1 unspecified atom stereocenters. The number of hydrogen-bond donors (Lipinski definition) is 0. The molecule has 0 radical (unpaired) electrons. The van der Waals surface area contributed by atoms with E-state index in [1.807, 2.05) is 13.8 Å². The molecular formula is C5H13FS. The lowest BCUT2D eigenvalue weighted by molar-refractivity contribution is 0.280. The zero-order valence-electron chi connectivity index (χ0n) is 5.03. The summed E-state index contributed by atoms with van der Waals surface area (Å²) in [6, 6.07) is 0. The minimum Gasteiger partial charge on any atom is -0.248 e. The fourth-order valence-electron chi connectivity index (χ4n) is 0. The van der Waals surface area contributed by atoms with Crippen molar-refractivity contribution in [3.8, 4) is 0 Å². The lowest BCUT2D eigenvalue weighted by Gasteiger charge is -2.01. The highest BCUT2D eigenvalue weighted by Crippen LogP contribution is 2.02. The lowest BCUT2D eigenvalue weighted by Crippen LogP contribution is -2.01. The molecule has 1 atom stereocenters. The molecule has 0 bridgehead atoms. The zero-order chi connectivity index (χ0) is 5.15. The van der Waals surface area contributed by atoms with E-state index in [-0.39, 0.29) is 19.4 Å². The Balaban J connectivity index is 0. The van der Waals surface area contributed by atoms with Gasteiger partial charge in [-0.15, -0.1) is 0 Å². The predicted octanol–water partition coefficient (Wildman–Crippen LogP) is 2.11. The Morgan fingerprint density at radius 2 is 1.29 bits per heavy atom. The summed E-state index contributed by atoms with van der Waals surface area (Å²) in [5.41, 5.74) is 0. The van der Waals surface area contributed by atoms with Crippen molar-refractivity contribution in [1.82, 2.24) is 0 Å². The minimum absolute atomic E-state index is 0. The van der Waals surface area contributed by atoms with Crippen LogP contribution < -0.4 is 0 Å². The van der Waals surface area contributed by atoms with Crippen LogP contribution in [0.3, 0.4) is 0 Å². The molecule has 0 aromatic carbocycles. The van der Waals surface area contributed by atoms with Gasteiger partial charge >= 0.3 is 0 Å². The smallest absolute Gasteiger partial charge is 0.0996 e. The van der Waals surface area contributed by atoms with E-state index >= 15 is 0 Å². The number of rotatable bonds is 1. The van der Waals surface area contributed by atoms with Crippen LogP contribution in [0.1, 0.15) is 20.8 Å². The number of hydrogen-bond acceptors (Lipinski definition) is 0. The van der Waals surface area contributed by atoms with E-state index < -0.39 is 6.17 Å². The van der Waals surface area contributed by atoms with Gasteiger partial charge in [-0.25, -0.2) is 4.39 Å². The van der Waals surface area contributed by atoms with Crippen LogP contribution in [0.15, 0.2) is 0 Å². The van der Waals surface area contributed by atoms with Crippen LogP contribution in [-0.2, 0) is 0 Å². The molecule has 0 aromatic rings. The molecule has 0 amide bonds. The summed E-state index contributed by atoms with van der Waals surface area (Å²) in [6.45, 7) is 5.31. The Bertz CT molecular complexity index is 29.1. The summed E-state index contributed by atoms with van der Waals surface area (Å²) in [5, 5.41) is 0. The fraction of sp³-hybridized carbons (Fsp3) is 1.00. The van der Waals surface area contributed by atoms with Crippen molar-refractivity contribution in [3.63, 3.8) is 0 Å². The molecule has 0 aliphatic carbocycles. The van der Waals surface area contributed by atoms with E-state index in [1.54, 1.807) is 6.92 Å². The van der Waals surface area contributed by atoms with Crippen LogP contribution in [0, 0.1) is 5.92 Å². The van der Waals surface area contributed by atoms with E-state index in [4.69, 9.17) is 0 Å². The largest absolute Gasteiger partial charge is 0.248 e. The monoisotopic (exact) mass is 124 g/mol. The molecule has 0 rings (SSSR count). The molecule has 0 saturated heterocycles. The third-order valence-corrected chi connectivity index (χ3v) is 0.919. The van der Waals surface area contributed by atoms with Gasteiger partial charge in [-0.2, -0.15) is 13.5 Å². The van der Waals surface area contributed by atoms with Gasteiger partial charge in [0, 0.05) is 0 Å². The lowest BCUT2D eigenvalue weighted by atomic mass is 10.1. The summed E-state index contributed by atoms with van der Waals surface area (Å²) in [5.74, 6) is 0.185. The Morgan fingerprint density at radius 3 is 1.29 bits per heavy atom. The molecule has 0 nitrogen and oxygen atoms in total. The topological polar surface area (TPSA) is 0 Å². The molecular weight excluding hydrogens is 111 g/mol. The van der Waals surface area contributed by atoms with Gasteiger partial charge in [0.25, 0.3) is 0 Å². The summed E-state index contributed by atoms with van der Waals surface area (Å²) in [4.78, 5) is 0. The van der Waals surface area contributed by atoms with E-state index in [9.17, 15) is 4.39 Å². The van der Waals surface area contributed by atoms with Gasteiger partial charge in [-0.05, 0) is 12.8 Å². The van der Waals surface area contributed by atoms with Crippen molar-refractivity contribution in [2.75, 3.05) is 0 Å². The molecule has 0 heterocycles. The highest BCUT2D eigenvalue weighted by molar-refractivity contribution is 7.59. The molecule has 46 valence electrons. The van der Waals surface area contributed by atoms with Crippen molar-refractivity contribution in [1.29, 1.82) is 0 Å². The third-order valence-electron chi connectivity index (χ3n) is 0.919. The average molecular weight is 124 g/mol. The SMILES string of the molecule is CC(C)C(C)F.S. The average Bonchev–Trinajstić information content (AvgIpc) is 1.36. The van der Waals surface area contributed by atoms with E-state index in [2.05, 4.69) is 0 Å². The van der Waals surface area contributed by atoms with Crippen LogP contribution in [0.2, 0.25) is 0 Å². The van der Waals surface area contributed by atoms with Crippen LogP contribution in [-0.4, -0.2) is 6.17 Å². The third kappa shape index (κ3) is 6.28. The van der Waals surface area contributed by atoms with Crippen LogP contribution >= 0.6 is 13.5 Å². The summed E-state index contributed by atoms with van der Waals surface area (Å²) < 4.78 is 11.8. The molecule has 0 N–H and O–H groups in total. The summed E-state index contributed by atoms with van der Waals surface area (Å²) in [6.07, 6.45) is -0.648. The van der Waals surface area contributed by atoms with E-state index in [0.29, 0.717) is 0 Å². The maximum atomic E-state index is 11.8. The summed E-state index contributed by atoms with van der Waals surface area (Å²) in [7, 11) is 0. The Hall–Kier alpha value is 0.280. The van der Waals surface area contributed by atoms with Crippen LogP contribution in [0.5, 0.6) is 0 Å². The van der Waals surface area contributed by atoms with Gasteiger partial charge in [-0.1, -0.05) is 13.8 Å². The molecule has 0 aliphatic heterocycles. The van der Waals surface area contributed by atoms with Gasteiger partial charge in [0.05, 0.1) is 6.17 Å². The summed E-state index contributed by atoms with van der Waals surface area (Å²) >= 11 is 0. The Morgan fingerprint density at radius 1 is 1.14 bits per heavy atom. The van der Waals surface area contributed by atoms with Crippen molar-refractivity contribution >= 4 is 13.5 Å². The molecule has 0 aliphatic rings. The first-order chi connectivity index (χ1) is 2.64. The highest BCUT2D eigenvalue weighted by Gasteiger charge is 2.00. The van der Waals surface area contributed by atoms with Crippen molar-refractivity contribution < 1.29 is 4.39 Å². The van der Waals surface area contributed by atoms with Gasteiger partial charge in [0.15, 0.2) is 0 Å². The minimum atomic E-state index is -0.648. The van der Waals surface area contributed by atoms with Crippen molar-refractivity contribution in [3.05, 3.63) is 0 Å². The maximum Gasteiger partial charge on any atom is 0.0996 e. The number of halogens is 1. The van der Waals surface area contributed by atoms with Gasteiger partial charge in [0.2, 0.25) is 0 Å². The van der Waals surface area contributed by atoms with Gasteiger partial charge in [0.1, 0.15) is 0 Å². The standard InChI is InChI=1S/C5H11F.H2S/c1-4(2)5(3)6;/h4-5H,1-3H3;1H2. The quantitative estimate of drug-likeness (QED) is 0.502. The first-order valence-corrected chi connectivity index (χ1v) is 2.28. The molecule has 7 heavy (non-hydrogen) atoms. The Kier molecular flexibility index (Phi) is 6.53. The zero-order valence-corrected chi connectivity index (χ0v) is 6.03. The second-order valence-electron chi connectivity index (χ2n) is 1.92. The Labute approximate surface area is 51.6 Å². The van der Waals surface area contributed by atoms with Crippen molar-refractivity contribution in [2.24, 2.45) is 5.92 Å². The van der Waals surface area contributed by atoms with E-state index in [1.165, 1.54) is 0 Å². The van der Waals surface area contributed by atoms with Crippen LogP contribution in [0.25, 0.3) is 0 Å². The normalized spacial score (nSPS) is 13.3. The van der Waals surface area contributed by atoms with Gasteiger partial charge in [-0.3, -0.25) is 0 Å². The second-order valence-corrected chi connectivity index (χ2v) is 1.92. The first kappa shape index (κ1) is 10.3. The molecule has 2 heteroatoms. The first-order valence-electron chi connectivity index (χ1n) is 2.28. The molecule has 0 aromatic heterocycles. The molecule has 0 fully saturated rings. The molecule has 0 saturated carbocycles. The maximum absolute atomic E-state index is 11.8. The van der Waals surface area contributed by atoms with Crippen LogP contribution in [0.4, 0.5) is 4.39 Å². The fourth-order valence-corrected chi connectivity index (χ4v) is 0. The van der Waals surface area contributed by atoms with Gasteiger partial charge < -0.3 is 0 Å². The molecule has 0 spiro atoms. The predicted molar refractivity (Wildman–Crippen MR) is 35.8 cm³/mol. The van der Waals surface area contributed by atoms with Crippen molar-refractivity contribution in [2.45, 2.75) is 26.9 Å². The number of alkyl halides is 1. The van der Waals surface area contributed by atoms with E-state index in [0.717, 1.165) is 0 Å². The highest BCUT2D eigenvalue weighted by atomic mass is 32.1.